The van der Waals surface area contributed by atoms with Crippen molar-refractivity contribution in [2.75, 3.05) is 18.4 Å². The molecule has 1 aromatic heterocycles. The van der Waals surface area contributed by atoms with Gasteiger partial charge in [-0.25, -0.2) is 0 Å². The molecule has 0 fully saturated rings. The Labute approximate surface area is 162 Å². The van der Waals surface area contributed by atoms with E-state index in [2.05, 4.69) is 17.4 Å². The maximum Gasteiger partial charge on any atom is 0.254 e. The Hall–Kier alpha value is -2.05. The fraction of sp³-hybridized carbons (Fsp3) is 0.389. The summed E-state index contributed by atoms with van der Waals surface area (Å²) >= 11 is 11.9. The predicted octanol–water partition coefficient (Wildman–Crippen LogP) is 4.56. The minimum atomic E-state index is -0.344. The van der Waals surface area contributed by atoms with Crippen LogP contribution in [0.3, 0.4) is 0 Å². The highest BCUT2D eigenvalue weighted by molar-refractivity contribution is 6.42. The normalized spacial score (nSPS) is 10.6. The second kappa shape index (κ2) is 9.59. The van der Waals surface area contributed by atoms with E-state index in [1.807, 2.05) is 0 Å². The quantitative estimate of drug-likeness (QED) is 0.662. The molecule has 1 heterocycles. The van der Waals surface area contributed by atoms with E-state index in [1.165, 1.54) is 11.0 Å². The number of halogens is 2. The summed E-state index contributed by atoms with van der Waals surface area (Å²) in [6, 6.07) is 6.29. The van der Waals surface area contributed by atoms with E-state index >= 15 is 0 Å². The minimum absolute atomic E-state index is 0.0886. The summed E-state index contributed by atoms with van der Waals surface area (Å²) in [6.07, 6.45) is 2.79. The van der Waals surface area contributed by atoms with Gasteiger partial charge in [-0.1, -0.05) is 48.1 Å². The van der Waals surface area contributed by atoms with E-state index in [1.54, 1.807) is 25.1 Å². The lowest BCUT2D eigenvalue weighted by Gasteiger charge is -2.22. The highest BCUT2D eigenvalue weighted by atomic mass is 35.5. The molecule has 0 aliphatic heterocycles. The fourth-order valence-corrected chi connectivity index (χ4v) is 2.70. The number of carbonyl (C=O) groups is 2. The Bertz CT molecular complexity index is 777. The molecule has 140 valence electrons. The van der Waals surface area contributed by atoms with Crippen LogP contribution in [-0.4, -0.2) is 35.0 Å². The van der Waals surface area contributed by atoms with Gasteiger partial charge in [0.1, 0.15) is 12.3 Å². The van der Waals surface area contributed by atoms with Crippen LogP contribution in [0.2, 0.25) is 10.0 Å². The van der Waals surface area contributed by atoms with Gasteiger partial charge in [-0.15, -0.1) is 0 Å². The monoisotopic (exact) mass is 397 g/mol. The van der Waals surface area contributed by atoms with E-state index < -0.39 is 0 Å². The van der Waals surface area contributed by atoms with Crippen molar-refractivity contribution in [2.24, 2.45) is 0 Å². The number of rotatable bonds is 8. The molecule has 26 heavy (non-hydrogen) atoms. The molecular weight excluding hydrogens is 377 g/mol. The molecule has 0 saturated carbocycles. The van der Waals surface area contributed by atoms with Crippen LogP contribution in [0, 0.1) is 6.92 Å². The molecule has 2 amide bonds. The molecule has 2 aromatic rings. The summed E-state index contributed by atoms with van der Waals surface area (Å²) in [5.41, 5.74) is 0.390. The SMILES string of the molecule is CCCCCN(CC(=O)Nc1cc(C)on1)C(=O)c1ccc(Cl)c(Cl)c1. The third-order valence-corrected chi connectivity index (χ3v) is 4.45. The van der Waals surface area contributed by atoms with Crippen molar-refractivity contribution in [3.8, 4) is 0 Å². The molecule has 0 aliphatic rings. The van der Waals surface area contributed by atoms with Gasteiger partial charge in [0.05, 0.1) is 10.0 Å². The standard InChI is InChI=1S/C18H21Cl2N3O3/c1-3-4-5-8-23(11-17(24)21-16-9-12(2)26-22-16)18(25)13-6-7-14(19)15(20)10-13/h6-7,9-10H,3-5,8,11H2,1-2H3,(H,21,22,24). The van der Waals surface area contributed by atoms with E-state index in [0.717, 1.165) is 19.3 Å². The molecule has 1 aromatic carbocycles. The zero-order valence-electron chi connectivity index (χ0n) is 14.7. The molecule has 0 radical (unpaired) electrons. The largest absolute Gasteiger partial charge is 0.360 e. The first kappa shape index (κ1) is 20.3. The molecule has 0 atom stereocenters. The molecule has 0 aliphatic carbocycles. The summed E-state index contributed by atoms with van der Waals surface area (Å²) < 4.78 is 4.92. The van der Waals surface area contributed by atoms with E-state index in [-0.39, 0.29) is 18.4 Å². The summed E-state index contributed by atoms with van der Waals surface area (Å²) in [6.45, 7) is 4.19. The Morgan fingerprint density at radius 3 is 2.58 bits per heavy atom. The number of carbonyl (C=O) groups excluding carboxylic acids is 2. The lowest BCUT2D eigenvalue weighted by atomic mass is 10.1. The van der Waals surface area contributed by atoms with Gasteiger partial charge < -0.3 is 14.7 Å². The number of amides is 2. The molecule has 6 nitrogen and oxygen atoms in total. The number of aromatic nitrogens is 1. The molecule has 0 saturated heterocycles. The Morgan fingerprint density at radius 2 is 1.96 bits per heavy atom. The van der Waals surface area contributed by atoms with Crippen LogP contribution < -0.4 is 5.32 Å². The van der Waals surface area contributed by atoms with Gasteiger partial charge >= 0.3 is 0 Å². The number of nitrogens with one attached hydrogen (secondary N) is 1. The van der Waals surface area contributed by atoms with E-state index in [0.29, 0.717) is 33.7 Å². The first-order valence-electron chi connectivity index (χ1n) is 8.38. The van der Waals surface area contributed by atoms with E-state index in [4.69, 9.17) is 27.7 Å². The van der Waals surface area contributed by atoms with Gasteiger partial charge in [0, 0.05) is 18.2 Å². The van der Waals surface area contributed by atoms with Crippen molar-refractivity contribution in [2.45, 2.75) is 33.1 Å². The third-order valence-electron chi connectivity index (χ3n) is 3.72. The number of benzene rings is 1. The Morgan fingerprint density at radius 1 is 1.19 bits per heavy atom. The number of nitrogens with zero attached hydrogens (tertiary/aromatic N) is 2. The van der Waals surface area contributed by atoms with Gasteiger partial charge in [-0.2, -0.15) is 0 Å². The van der Waals surface area contributed by atoms with Crippen molar-refractivity contribution >= 4 is 40.8 Å². The highest BCUT2D eigenvalue weighted by Crippen LogP contribution is 2.23. The van der Waals surface area contributed by atoms with Gasteiger partial charge in [0.2, 0.25) is 5.91 Å². The Kier molecular flexibility index (Phi) is 7.48. The van der Waals surface area contributed by atoms with Crippen molar-refractivity contribution in [1.29, 1.82) is 0 Å². The van der Waals surface area contributed by atoms with Crippen LogP contribution >= 0.6 is 23.2 Å². The summed E-state index contributed by atoms with van der Waals surface area (Å²) in [4.78, 5) is 26.6. The number of hydrogen-bond acceptors (Lipinski definition) is 4. The molecule has 1 N–H and O–H groups in total. The maximum absolute atomic E-state index is 12.8. The molecule has 0 unspecified atom stereocenters. The van der Waals surface area contributed by atoms with Crippen LogP contribution in [0.15, 0.2) is 28.8 Å². The van der Waals surface area contributed by atoms with E-state index in [9.17, 15) is 9.59 Å². The van der Waals surface area contributed by atoms with Gasteiger partial charge in [-0.05, 0) is 31.5 Å². The average Bonchev–Trinajstić information content (AvgIpc) is 3.00. The van der Waals surface area contributed by atoms with Crippen molar-refractivity contribution in [3.63, 3.8) is 0 Å². The average molecular weight is 398 g/mol. The lowest BCUT2D eigenvalue weighted by molar-refractivity contribution is -0.117. The molecule has 8 heteroatoms. The highest BCUT2D eigenvalue weighted by Gasteiger charge is 2.20. The summed E-state index contributed by atoms with van der Waals surface area (Å²) in [5, 5.41) is 7.02. The summed E-state index contributed by atoms with van der Waals surface area (Å²) in [5.74, 6) is 0.296. The third kappa shape index (κ3) is 5.75. The zero-order chi connectivity index (χ0) is 19.1. The zero-order valence-corrected chi connectivity index (χ0v) is 16.2. The number of unbranched alkanes of at least 4 members (excludes halogenated alkanes) is 2. The number of anilines is 1. The van der Waals surface area contributed by atoms with Crippen LogP contribution in [0.5, 0.6) is 0 Å². The van der Waals surface area contributed by atoms with Crippen LogP contribution in [0.25, 0.3) is 0 Å². The Balaban J connectivity index is 2.09. The van der Waals surface area contributed by atoms with Crippen molar-refractivity contribution in [3.05, 3.63) is 45.6 Å². The lowest BCUT2D eigenvalue weighted by Crippen LogP contribution is -2.38. The van der Waals surface area contributed by atoms with Crippen LogP contribution in [-0.2, 0) is 4.79 Å². The smallest absolute Gasteiger partial charge is 0.254 e. The molecular formula is C18H21Cl2N3O3. The van der Waals surface area contributed by atoms with Crippen LogP contribution in [0.4, 0.5) is 5.82 Å². The second-order valence-corrected chi connectivity index (χ2v) is 6.75. The topological polar surface area (TPSA) is 75.4 Å². The first-order valence-corrected chi connectivity index (χ1v) is 9.13. The number of hydrogen-bond donors (Lipinski definition) is 1. The first-order chi connectivity index (χ1) is 12.4. The van der Waals surface area contributed by atoms with Gasteiger partial charge in [-0.3, -0.25) is 9.59 Å². The minimum Gasteiger partial charge on any atom is -0.360 e. The second-order valence-electron chi connectivity index (χ2n) is 5.93. The molecule has 0 spiro atoms. The van der Waals surface area contributed by atoms with Gasteiger partial charge in [0.15, 0.2) is 5.82 Å². The molecule has 2 rings (SSSR count). The number of aryl methyl sites for hydroxylation is 1. The van der Waals surface area contributed by atoms with Gasteiger partial charge in [0.25, 0.3) is 5.91 Å². The summed E-state index contributed by atoms with van der Waals surface area (Å²) in [7, 11) is 0. The molecule has 0 bridgehead atoms. The fourth-order valence-electron chi connectivity index (χ4n) is 2.40. The predicted molar refractivity (Wildman–Crippen MR) is 102 cm³/mol. The van der Waals surface area contributed by atoms with Crippen LogP contribution in [0.1, 0.15) is 42.3 Å². The maximum atomic E-state index is 12.8. The van der Waals surface area contributed by atoms with Crippen molar-refractivity contribution in [1.82, 2.24) is 10.1 Å². The van der Waals surface area contributed by atoms with Crippen molar-refractivity contribution < 1.29 is 14.1 Å².